The van der Waals surface area contributed by atoms with E-state index in [9.17, 15) is 0 Å². The zero-order chi connectivity index (χ0) is 20.5. The minimum atomic E-state index is 0.663. The number of unbranched alkanes of at least 4 members (excludes halogenated alkanes) is 2. The zero-order valence-corrected chi connectivity index (χ0v) is 20.1. The molecule has 0 unspecified atom stereocenters. The smallest absolute Gasteiger partial charge is 0.133 e. The van der Waals surface area contributed by atoms with Gasteiger partial charge >= 0.3 is 0 Å². The lowest BCUT2D eigenvalue weighted by Gasteiger charge is -2.23. The van der Waals surface area contributed by atoms with Gasteiger partial charge in [-0.25, -0.2) is 0 Å². The van der Waals surface area contributed by atoms with Crippen molar-refractivity contribution in [2.75, 3.05) is 13.1 Å². The van der Waals surface area contributed by atoms with Crippen molar-refractivity contribution < 1.29 is 0 Å². The average Bonchev–Trinajstić information content (AvgIpc) is 2.67. The Kier molecular flexibility index (Phi) is 10.1. The summed E-state index contributed by atoms with van der Waals surface area (Å²) in [6, 6.07) is 13.3. The van der Waals surface area contributed by atoms with Crippen molar-refractivity contribution in [2.45, 2.75) is 52.6 Å². The number of thiol groups is 2. The third kappa shape index (κ3) is 7.21. The summed E-state index contributed by atoms with van der Waals surface area (Å²) in [6.45, 7) is 7.87. The molecule has 2 aromatic carbocycles. The lowest BCUT2D eigenvalue weighted by molar-refractivity contribution is 0.415. The first-order valence-corrected chi connectivity index (χ1v) is 11.6. The van der Waals surface area contributed by atoms with Gasteiger partial charge in [0.2, 0.25) is 0 Å². The van der Waals surface area contributed by atoms with Crippen molar-refractivity contribution in [3.05, 3.63) is 47.5 Å². The van der Waals surface area contributed by atoms with Crippen LogP contribution in [0.1, 0.15) is 50.7 Å². The maximum Gasteiger partial charge on any atom is 0.133 e. The molecular weight excluding hydrogens is 421 g/mol. The summed E-state index contributed by atoms with van der Waals surface area (Å²) in [5.41, 5.74) is 2.51. The van der Waals surface area contributed by atoms with E-state index in [2.05, 4.69) is 85.3 Å². The fraction of sp³-hybridized carbons (Fsp3) is 0.455. The molecule has 0 aliphatic heterocycles. The molecule has 0 fully saturated rings. The number of rotatable bonds is 10. The molecule has 0 aliphatic carbocycles. The van der Waals surface area contributed by atoms with Crippen LogP contribution in [0.25, 0.3) is 10.8 Å². The van der Waals surface area contributed by atoms with Gasteiger partial charge in [0.1, 0.15) is 8.64 Å². The molecule has 0 N–H and O–H groups in total. The first-order valence-electron chi connectivity index (χ1n) is 9.91. The summed E-state index contributed by atoms with van der Waals surface area (Å²) in [4.78, 5) is 4.33. The number of hydrogen-bond acceptors (Lipinski definition) is 2. The van der Waals surface area contributed by atoms with E-state index < -0.39 is 0 Å². The second kappa shape index (κ2) is 12.0. The molecule has 2 aromatic rings. The highest BCUT2D eigenvalue weighted by Crippen LogP contribution is 2.21. The van der Waals surface area contributed by atoms with E-state index in [1.165, 1.54) is 21.9 Å². The molecule has 0 aliphatic rings. The maximum absolute atomic E-state index is 5.32. The van der Waals surface area contributed by atoms with Gasteiger partial charge in [0.05, 0.1) is 0 Å². The van der Waals surface area contributed by atoms with E-state index >= 15 is 0 Å². The summed E-state index contributed by atoms with van der Waals surface area (Å²) >= 11 is 19.4. The first-order chi connectivity index (χ1) is 13.4. The van der Waals surface area contributed by atoms with Gasteiger partial charge in [-0.1, -0.05) is 75.4 Å². The fourth-order valence-corrected chi connectivity index (χ4v) is 3.82. The molecule has 0 amide bonds. The Balaban J connectivity index is 2.19. The van der Waals surface area contributed by atoms with E-state index in [1.54, 1.807) is 0 Å². The van der Waals surface area contributed by atoms with Crippen LogP contribution in [0.4, 0.5) is 0 Å². The minimum Gasteiger partial charge on any atom is -0.353 e. The predicted octanol–water partition coefficient (Wildman–Crippen LogP) is 6.47. The lowest BCUT2D eigenvalue weighted by atomic mass is 10.0. The molecule has 0 aromatic heterocycles. The van der Waals surface area contributed by atoms with Crippen molar-refractivity contribution in [3.8, 4) is 0 Å². The van der Waals surface area contributed by atoms with Crippen LogP contribution in [0.15, 0.2) is 36.4 Å². The largest absolute Gasteiger partial charge is 0.353 e. The Bertz CT molecular complexity index is 743. The van der Waals surface area contributed by atoms with Crippen LogP contribution < -0.4 is 0 Å². The molecule has 6 heteroatoms. The molecule has 0 atom stereocenters. The molecule has 2 rings (SSSR count). The van der Waals surface area contributed by atoms with E-state index in [0.717, 1.165) is 51.9 Å². The van der Waals surface area contributed by atoms with Crippen LogP contribution in [-0.4, -0.2) is 31.5 Å². The third-order valence-corrected chi connectivity index (χ3v) is 5.90. The van der Waals surface area contributed by atoms with E-state index in [0.29, 0.717) is 8.64 Å². The summed E-state index contributed by atoms with van der Waals surface area (Å²) in [5, 5.41) is 2.49. The van der Waals surface area contributed by atoms with Crippen LogP contribution in [0.2, 0.25) is 0 Å². The Hall–Kier alpha value is -0.820. The van der Waals surface area contributed by atoms with Gasteiger partial charge in [0.25, 0.3) is 0 Å². The molecule has 0 saturated carbocycles. The standard InChI is InChI=1S/C22H30N2S4/c1-3-5-11-23(21(25)26)15-17-7-9-19-10-8-18(14-20(19)13-17)16-24(22(27)28)12-6-4-2/h7-10,13-14H,3-6,11-12,15-16H2,1-2H3,(H,25,26)(H,27,28). The van der Waals surface area contributed by atoms with Crippen molar-refractivity contribution >= 4 is 69.1 Å². The maximum atomic E-state index is 5.32. The SMILES string of the molecule is CCCCN(Cc1ccc2ccc(CN(CCCC)C(=S)S)cc2c1)C(=S)S. The summed E-state index contributed by atoms with van der Waals surface area (Å²) in [7, 11) is 0. The van der Waals surface area contributed by atoms with Crippen molar-refractivity contribution in [2.24, 2.45) is 0 Å². The lowest BCUT2D eigenvalue weighted by Crippen LogP contribution is -2.26. The Labute approximate surface area is 191 Å². The van der Waals surface area contributed by atoms with E-state index in [4.69, 9.17) is 24.4 Å². The molecule has 28 heavy (non-hydrogen) atoms. The highest BCUT2D eigenvalue weighted by atomic mass is 32.1. The Morgan fingerprint density at radius 1 is 0.750 bits per heavy atom. The highest BCUT2D eigenvalue weighted by Gasteiger charge is 2.10. The molecule has 0 spiro atoms. The van der Waals surface area contributed by atoms with Gasteiger partial charge in [0.15, 0.2) is 0 Å². The fourth-order valence-electron chi connectivity index (χ4n) is 3.17. The number of fused-ring (bicyclic) bond motifs is 1. The highest BCUT2D eigenvalue weighted by molar-refractivity contribution is 8.11. The number of hydrogen-bond donors (Lipinski definition) is 2. The second-order valence-corrected chi connectivity index (χ2v) is 9.36. The van der Waals surface area contributed by atoms with E-state index in [1.807, 2.05) is 0 Å². The van der Waals surface area contributed by atoms with Crippen molar-refractivity contribution in [1.82, 2.24) is 9.80 Å². The summed E-state index contributed by atoms with van der Waals surface area (Å²) < 4.78 is 1.33. The Morgan fingerprint density at radius 3 is 1.54 bits per heavy atom. The van der Waals surface area contributed by atoms with Gasteiger partial charge in [-0.15, -0.1) is 25.3 Å². The minimum absolute atomic E-state index is 0.663. The average molecular weight is 451 g/mol. The van der Waals surface area contributed by atoms with Crippen LogP contribution in [0.5, 0.6) is 0 Å². The molecule has 0 bridgehead atoms. The van der Waals surface area contributed by atoms with Crippen LogP contribution in [0.3, 0.4) is 0 Å². The van der Waals surface area contributed by atoms with Crippen LogP contribution in [0, 0.1) is 0 Å². The predicted molar refractivity (Wildman–Crippen MR) is 138 cm³/mol. The normalized spacial score (nSPS) is 10.9. The van der Waals surface area contributed by atoms with Crippen molar-refractivity contribution in [1.29, 1.82) is 0 Å². The number of thiocarbonyl (C=S) groups is 2. The summed E-state index contributed by atoms with van der Waals surface area (Å²) in [6.07, 6.45) is 4.54. The quantitative estimate of drug-likeness (QED) is 0.316. The van der Waals surface area contributed by atoms with E-state index in [-0.39, 0.29) is 0 Å². The van der Waals surface area contributed by atoms with Gasteiger partial charge in [-0.2, -0.15) is 0 Å². The number of nitrogens with zero attached hydrogens (tertiary/aromatic N) is 2. The Morgan fingerprint density at radius 2 is 1.18 bits per heavy atom. The summed E-state index contributed by atoms with van der Waals surface area (Å²) in [5.74, 6) is 0. The van der Waals surface area contributed by atoms with Gasteiger partial charge in [-0.3, -0.25) is 0 Å². The first kappa shape index (κ1) is 23.5. The van der Waals surface area contributed by atoms with Gasteiger partial charge in [0, 0.05) is 26.2 Å². The number of benzene rings is 2. The van der Waals surface area contributed by atoms with Crippen LogP contribution >= 0.6 is 49.7 Å². The molecule has 152 valence electrons. The molecule has 2 nitrogen and oxygen atoms in total. The monoisotopic (exact) mass is 450 g/mol. The molecule has 0 heterocycles. The molecule has 0 radical (unpaired) electrons. The topological polar surface area (TPSA) is 6.48 Å². The molecular formula is C22H30N2S4. The van der Waals surface area contributed by atoms with Gasteiger partial charge < -0.3 is 9.80 Å². The molecule has 0 saturated heterocycles. The zero-order valence-electron chi connectivity index (χ0n) is 16.7. The third-order valence-electron chi connectivity index (χ3n) is 4.82. The van der Waals surface area contributed by atoms with Gasteiger partial charge in [-0.05, 0) is 46.9 Å². The van der Waals surface area contributed by atoms with Crippen molar-refractivity contribution in [3.63, 3.8) is 0 Å². The van der Waals surface area contributed by atoms with Crippen LogP contribution in [-0.2, 0) is 13.1 Å². The second-order valence-electron chi connectivity index (χ2n) is 7.13.